The maximum atomic E-state index is 13.5. The molecule has 3 aromatic carbocycles. The van der Waals surface area contributed by atoms with Gasteiger partial charge in [0, 0.05) is 22.4 Å². The van der Waals surface area contributed by atoms with Crippen molar-refractivity contribution in [1.29, 1.82) is 0 Å². The fraction of sp³-hybridized carbons (Fsp3) is 0.185. The van der Waals surface area contributed by atoms with Crippen LogP contribution in [0.15, 0.2) is 87.7 Å². The molecule has 0 fully saturated rings. The second-order valence-corrected chi connectivity index (χ2v) is 10.5. The fourth-order valence-corrected chi connectivity index (χ4v) is 5.87. The minimum Gasteiger partial charge on any atom is -0.342 e. The van der Waals surface area contributed by atoms with Crippen LogP contribution in [0.3, 0.4) is 0 Å². The van der Waals surface area contributed by atoms with E-state index in [-0.39, 0.29) is 23.6 Å². The smallest absolute Gasteiger partial charge is 0.251 e. The van der Waals surface area contributed by atoms with Crippen LogP contribution in [0.1, 0.15) is 34.7 Å². The number of fused-ring (bicyclic) bond motifs is 2. The Morgan fingerprint density at radius 2 is 1.56 bits per heavy atom. The number of anilines is 2. The second kappa shape index (κ2) is 10.2. The van der Waals surface area contributed by atoms with E-state index in [1.54, 1.807) is 28.8 Å². The Bertz CT molecular complexity index is 1390. The van der Waals surface area contributed by atoms with E-state index in [1.165, 1.54) is 11.8 Å². The van der Waals surface area contributed by atoms with Crippen molar-refractivity contribution in [3.63, 3.8) is 0 Å². The lowest BCUT2D eigenvalue weighted by Gasteiger charge is -2.30. The van der Waals surface area contributed by atoms with Crippen LogP contribution in [-0.2, 0) is 11.8 Å². The summed E-state index contributed by atoms with van der Waals surface area (Å²) in [5, 5.41) is 12.2. The van der Waals surface area contributed by atoms with Gasteiger partial charge in [0.05, 0.1) is 23.2 Å². The molecule has 5 rings (SSSR count). The Balaban J connectivity index is 1.29. The highest BCUT2D eigenvalue weighted by molar-refractivity contribution is 8.00. The first kappa shape index (κ1) is 24.1. The number of carbonyl (C=O) groups excluding carboxylic acids is 2. The van der Waals surface area contributed by atoms with Crippen LogP contribution in [0.4, 0.5) is 11.4 Å². The molecule has 0 bridgehead atoms. The van der Waals surface area contributed by atoms with Crippen LogP contribution in [0.5, 0.6) is 0 Å². The highest BCUT2D eigenvalue weighted by Crippen LogP contribution is 2.48. The highest BCUT2D eigenvalue weighted by atomic mass is 32.2. The molecule has 0 unspecified atom stereocenters. The van der Waals surface area contributed by atoms with Crippen LogP contribution in [0.2, 0.25) is 0 Å². The predicted molar refractivity (Wildman–Crippen MR) is 143 cm³/mol. The van der Waals surface area contributed by atoms with E-state index in [0.717, 1.165) is 26.7 Å². The average molecular weight is 516 g/mol. The van der Waals surface area contributed by atoms with Gasteiger partial charge in [0.15, 0.2) is 11.0 Å². The number of hydrogen-bond donors (Lipinski definition) is 1. The third kappa shape index (κ3) is 4.76. The zero-order valence-electron chi connectivity index (χ0n) is 20.1. The van der Waals surface area contributed by atoms with Gasteiger partial charge in [-0.3, -0.25) is 14.5 Å². The largest absolute Gasteiger partial charge is 0.342 e. The maximum absolute atomic E-state index is 13.5. The van der Waals surface area contributed by atoms with E-state index in [2.05, 4.69) is 15.5 Å². The Hall–Kier alpha value is -3.56. The molecule has 0 saturated heterocycles. The molecule has 1 aliphatic heterocycles. The number of aromatic nitrogens is 3. The van der Waals surface area contributed by atoms with Crippen molar-refractivity contribution >= 4 is 46.7 Å². The molecular formula is C27H25N5O2S2. The van der Waals surface area contributed by atoms with Gasteiger partial charge in [-0.15, -0.1) is 10.2 Å². The predicted octanol–water partition coefficient (Wildman–Crippen LogP) is 5.54. The SMILES string of the molecule is Cc1ccc(C(=O)N[C@H](C)c2nnc(SCC(=O)N3c4ccccc4Sc4ccccc43)n2C)cc1. The number of hydrogen-bond acceptors (Lipinski definition) is 6. The molecule has 2 heterocycles. The van der Waals surface area contributed by atoms with Gasteiger partial charge >= 0.3 is 0 Å². The molecule has 1 atom stereocenters. The third-order valence-electron chi connectivity index (χ3n) is 5.92. The van der Waals surface area contributed by atoms with Crippen LogP contribution in [0, 0.1) is 6.92 Å². The first-order valence-corrected chi connectivity index (χ1v) is 13.3. The van der Waals surface area contributed by atoms with Gasteiger partial charge in [-0.25, -0.2) is 0 Å². The van der Waals surface area contributed by atoms with E-state index in [9.17, 15) is 9.59 Å². The monoisotopic (exact) mass is 515 g/mol. The molecule has 0 saturated carbocycles. The molecule has 4 aromatic rings. The van der Waals surface area contributed by atoms with Crippen molar-refractivity contribution in [1.82, 2.24) is 20.1 Å². The van der Waals surface area contributed by atoms with Crippen LogP contribution in [0.25, 0.3) is 0 Å². The molecule has 9 heteroatoms. The number of amides is 2. The Morgan fingerprint density at radius 3 is 2.19 bits per heavy atom. The minimum atomic E-state index is -0.348. The molecule has 7 nitrogen and oxygen atoms in total. The number of carbonyl (C=O) groups is 2. The van der Waals surface area contributed by atoms with E-state index in [1.807, 2.05) is 86.1 Å². The van der Waals surface area contributed by atoms with Crippen molar-refractivity contribution in [2.45, 2.75) is 34.8 Å². The van der Waals surface area contributed by atoms with Crippen molar-refractivity contribution in [3.8, 4) is 0 Å². The standard InChI is InChI=1S/C27H25N5O2S2/c1-17-12-14-19(15-13-17)26(34)28-18(2)25-29-30-27(31(25)3)35-16-24(33)32-20-8-4-6-10-22(20)36-23-11-7-5-9-21(23)32/h4-15,18H,16H2,1-3H3,(H,28,34)/t18-/m1/s1. The Morgan fingerprint density at radius 1 is 0.944 bits per heavy atom. The van der Waals surface area contributed by atoms with E-state index >= 15 is 0 Å². The Labute approximate surface area is 218 Å². The second-order valence-electron chi connectivity index (χ2n) is 8.52. The number of rotatable bonds is 6. The summed E-state index contributed by atoms with van der Waals surface area (Å²) in [5.74, 6) is 0.611. The van der Waals surface area contributed by atoms with Crippen LogP contribution >= 0.6 is 23.5 Å². The van der Waals surface area contributed by atoms with E-state index < -0.39 is 0 Å². The summed E-state index contributed by atoms with van der Waals surface area (Å²) in [7, 11) is 1.85. The molecule has 0 radical (unpaired) electrons. The van der Waals surface area contributed by atoms with Gasteiger partial charge in [0.1, 0.15) is 0 Å². The summed E-state index contributed by atoms with van der Waals surface area (Å²) in [6, 6.07) is 22.9. The van der Waals surface area contributed by atoms with Gasteiger partial charge in [-0.2, -0.15) is 0 Å². The van der Waals surface area contributed by atoms with Gasteiger partial charge < -0.3 is 9.88 Å². The summed E-state index contributed by atoms with van der Waals surface area (Å²) in [6.45, 7) is 3.85. The molecule has 1 N–H and O–H groups in total. The Kier molecular flexibility index (Phi) is 6.84. The van der Waals surface area contributed by atoms with Gasteiger partial charge in [0.2, 0.25) is 5.91 Å². The molecule has 1 aliphatic rings. The topological polar surface area (TPSA) is 80.1 Å². The van der Waals surface area contributed by atoms with Gasteiger partial charge in [-0.05, 0) is 50.2 Å². The number of nitrogens with one attached hydrogen (secondary N) is 1. The van der Waals surface area contributed by atoms with E-state index in [0.29, 0.717) is 16.5 Å². The molecule has 0 aliphatic carbocycles. The number of benzene rings is 3. The number of aryl methyl sites for hydroxylation is 1. The zero-order chi connectivity index (χ0) is 25.2. The summed E-state index contributed by atoms with van der Waals surface area (Å²) in [5.41, 5.74) is 3.46. The maximum Gasteiger partial charge on any atom is 0.251 e. The van der Waals surface area contributed by atoms with Crippen molar-refractivity contribution in [2.75, 3.05) is 10.7 Å². The molecule has 36 heavy (non-hydrogen) atoms. The summed E-state index contributed by atoms with van der Waals surface area (Å²) in [6.07, 6.45) is 0. The molecule has 1 aromatic heterocycles. The first-order chi connectivity index (χ1) is 17.4. The highest BCUT2D eigenvalue weighted by Gasteiger charge is 2.28. The van der Waals surface area contributed by atoms with Crippen molar-refractivity contribution in [3.05, 3.63) is 89.7 Å². The van der Waals surface area contributed by atoms with E-state index in [4.69, 9.17) is 0 Å². The number of nitrogens with zero attached hydrogens (tertiary/aromatic N) is 4. The van der Waals surface area contributed by atoms with Crippen LogP contribution in [-0.4, -0.2) is 32.3 Å². The van der Waals surface area contributed by atoms with Crippen molar-refractivity contribution < 1.29 is 9.59 Å². The summed E-state index contributed by atoms with van der Waals surface area (Å²) in [4.78, 5) is 30.0. The van der Waals surface area contributed by atoms with Crippen LogP contribution < -0.4 is 10.2 Å². The lowest BCUT2D eigenvalue weighted by Crippen LogP contribution is -2.30. The summed E-state index contributed by atoms with van der Waals surface area (Å²) >= 11 is 3.00. The lowest BCUT2D eigenvalue weighted by molar-refractivity contribution is -0.115. The third-order valence-corrected chi connectivity index (χ3v) is 8.06. The zero-order valence-corrected chi connectivity index (χ0v) is 21.8. The number of thioether (sulfide) groups is 1. The molecular weight excluding hydrogens is 490 g/mol. The normalized spacial score (nSPS) is 13.0. The average Bonchev–Trinajstić information content (AvgIpc) is 3.26. The lowest BCUT2D eigenvalue weighted by atomic mass is 10.1. The van der Waals surface area contributed by atoms with Gasteiger partial charge in [0.25, 0.3) is 5.91 Å². The quantitative estimate of drug-likeness (QED) is 0.340. The minimum absolute atomic E-state index is 0.0366. The molecule has 2 amide bonds. The van der Waals surface area contributed by atoms with Gasteiger partial charge in [-0.1, -0.05) is 65.5 Å². The fourth-order valence-electron chi connectivity index (χ4n) is 4.04. The summed E-state index contributed by atoms with van der Waals surface area (Å²) < 4.78 is 1.83. The number of para-hydroxylation sites is 2. The van der Waals surface area contributed by atoms with Crippen molar-refractivity contribution in [2.24, 2.45) is 7.05 Å². The molecule has 0 spiro atoms. The first-order valence-electron chi connectivity index (χ1n) is 11.5. The molecule has 182 valence electrons.